The van der Waals surface area contributed by atoms with E-state index in [0.717, 1.165) is 25.7 Å². The summed E-state index contributed by atoms with van der Waals surface area (Å²) < 4.78 is 41.9. The number of nitrogens with zero attached hydrogens (tertiary/aromatic N) is 2. The van der Waals surface area contributed by atoms with Gasteiger partial charge in [0.1, 0.15) is 5.75 Å². The van der Waals surface area contributed by atoms with Crippen molar-refractivity contribution < 1.29 is 22.7 Å². The summed E-state index contributed by atoms with van der Waals surface area (Å²) in [6.45, 7) is 2.92. The van der Waals surface area contributed by atoms with Gasteiger partial charge < -0.3 is 20.3 Å². The Hall–Kier alpha value is -1.72. The number of amides is 1. The maximum atomic E-state index is 12.7. The molecule has 0 radical (unpaired) electrons. The van der Waals surface area contributed by atoms with Crippen molar-refractivity contribution in [3.05, 3.63) is 29.8 Å². The Morgan fingerprint density at radius 3 is 2.40 bits per heavy atom. The number of carbonyl (C=O) groups excluding carboxylic acids is 1. The summed E-state index contributed by atoms with van der Waals surface area (Å²) in [5, 5.41) is 6.29. The van der Waals surface area contributed by atoms with Crippen molar-refractivity contribution in [3.63, 3.8) is 0 Å². The first-order valence-electron chi connectivity index (χ1n) is 9.74. The third-order valence-electron chi connectivity index (χ3n) is 4.96. The number of guanidine groups is 1. The van der Waals surface area contributed by atoms with E-state index in [9.17, 15) is 18.0 Å². The van der Waals surface area contributed by atoms with E-state index in [1.165, 1.54) is 12.1 Å². The molecule has 0 spiro atoms. The molecule has 0 aliphatic heterocycles. The maximum absolute atomic E-state index is 12.7. The van der Waals surface area contributed by atoms with Crippen LogP contribution < -0.4 is 15.4 Å². The minimum Gasteiger partial charge on any atom is -0.405 e. The van der Waals surface area contributed by atoms with E-state index in [1.54, 1.807) is 31.1 Å². The molecular formula is C20H30F3IN4O2. The number of rotatable bonds is 7. The van der Waals surface area contributed by atoms with Gasteiger partial charge >= 0.3 is 6.36 Å². The topological polar surface area (TPSA) is 66.0 Å². The number of halogens is 4. The van der Waals surface area contributed by atoms with Crippen LogP contribution in [0, 0.1) is 5.41 Å². The molecule has 0 aromatic heterocycles. The number of carbonyl (C=O) groups is 1. The van der Waals surface area contributed by atoms with Crippen molar-refractivity contribution >= 4 is 35.8 Å². The Balaban J connectivity index is 0.00000450. The van der Waals surface area contributed by atoms with Crippen molar-refractivity contribution in [1.82, 2.24) is 15.5 Å². The molecule has 2 N–H and O–H groups in total. The van der Waals surface area contributed by atoms with Crippen molar-refractivity contribution in [2.45, 2.75) is 45.5 Å². The predicted octanol–water partition coefficient (Wildman–Crippen LogP) is 3.91. The zero-order chi connectivity index (χ0) is 21.5. The van der Waals surface area contributed by atoms with Crippen molar-refractivity contribution in [2.24, 2.45) is 10.4 Å². The van der Waals surface area contributed by atoms with Crippen LogP contribution in [0.3, 0.4) is 0 Å². The molecule has 30 heavy (non-hydrogen) atoms. The number of benzene rings is 1. The first-order valence-corrected chi connectivity index (χ1v) is 9.74. The molecule has 0 bridgehead atoms. The van der Waals surface area contributed by atoms with E-state index >= 15 is 0 Å². The van der Waals surface area contributed by atoms with Gasteiger partial charge in [-0.3, -0.25) is 4.79 Å². The lowest BCUT2D eigenvalue weighted by molar-refractivity contribution is -0.274. The van der Waals surface area contributed by atoms with Gasteiger partial charge in [0.15, 0.2) is 5.96 Å². The molecule has 0 heterocycles. The van der Waals surface area contributed by atoms with Gasteiger partial charge in [-0.05, 0) is 25.8 Å². The normalized spacial score (nSPS) is 15.9. The SMILES string of the molecule is CCNC(=NCc1ccccc1OC(F)(F)F)NCC1(C(=O)N(C)C)CCCC1.I. The first-order chi connectivity index (χ1) is 13.7. The van der Waals surface area contributed by atoms with Crippen LogP contribution in [0.2, 0.25) is 0 Å². The fraction of sp³-hybridized carbons (Fsp3) is 0.600. The van der Waals surface area contributed by atoms with Gasteiger partial charge in [0.25, 0.3) is 0 Å². The molecular weight excluding hydrogens is 512 g/mol. The fourth-order valence-corrected chi connectivity index (χ4v) is 3.61. The molecule has 0 unspecified atom stereocenters. The van der Waals surface area contributed by atoms with Crippen LogP contribution in [0.25, 0.3) is 0 Å². The molecule has 1 aliphatic rings. The highest BCUT2D eigenvalue weighted by Crippen LogP contribution is 2.38. The van der Waals surface area contributed by atoms with E-state index in [2.05, 4.69) is 20.4 Å². The molecule has 1 amide bonds. The zero-order valence-corrected chi connectivity index (χ0v) is 19.8. The van der Waals surface area contributed by atoms with Crippen molar-refractivity contribution in [3.8, 4) is 5.75 Å². The largest absolute Gasteiger partial charge is 0.573 e. The van der Waals surface area contributed by atoms with Gasteiger partial charge in [0, 0.05) is 32.7 Å². The summed E-state index contributed by atoms with van der Waals surface area (Å²) in [5.41, 5.74) is -0.154. The average Bonchev–Trinajstić information content (AvgIpc) is 3.13. The molecule has 1 aliphatic carbocycles. The Kier molecular flexibility index (Phi) is 10.2. The highest BCUT2D eigenvalue weighted by atomic mass is 127. The molecule has 10 heteroatoms. The van der Waals surface area contributed by atoms with Gasteiger partial charge in [-0.1, -0.05) is 31.0 Å². The lowest BCUT2D eigenvalue weighted by Gasteiger charge is -2.31. The molecule has 1 aromatic rings. The lowest BCUT2D eigenvalue weighted by atomic mass is 9.84. The number of hydrogen-bond donors (Lipinski definition) is 2. The van der Waals surface area contributed by atoms with E-state index in [-0.39, 0.29) is 42.2 Å². The van der Waals surface area contributed by atoms with Crippen LogP contribution in [0.1, 0.15) is 38.2 Å². The Morgan fingerprint density at radius 1 is 1.20 bits per heavy atom. The van der Waals surface area contributed by atoms with E-state index in [0.29, 0.717) is 24.6 Å². The zero-order valence-electron chi connectivity index (χ0n) is 17.5. The molecule has 1 saturated carbocycles. The third kappa shape index (κ3) is 7.51. The summed E-state index contributed by atoms with van der Waals surface area (Å²) in [6.07, 6.45) is -1.16. The summed E-state index contributed by atoms with van der Waals surface area (Å²) in [6, 6.07) is 5.93. The number of para-hydroxylation sites is 1. The number of ether oxygens (including phenoxy) is 1. The molecule has 1 fully saturated rings. The van der Waals surface area contributed by atoms with Crippen molar-refractivity contribution in [1.29, 1.82) is 0 Å². The molecule has 170 valence electrons. The van der Waals surface area contributed by atoms with Gasteiger partial charge in [-0.25, -0.2) is 4.99 Å². The van der Waals surface area contributed by atoms with Crippen LogP contribution in [0.4, 0.5) is 13.2 Å². The highest BCUT2D eigenvalue weighted by Gasteiger charge is 2.42. The maximum Gasteiger partial charge on any atom is 0.573 e. The minimum absolute atomic E-state index is 0. The van der Waals surface area contributed by atoms with Crippen LogP contribution in [-0.2, 0) is 11.3 Å². The van der Waals surface area contributed by atoms with Gasteiger partial charge in [-0.15, -0.1) is 37.1 Å². The second kappa shape index (κ2) is 11.6. The van der Waals surface area contributed by atoms with Crippen LogP contribution in [0.15, 0.2) is 29.3 Å². The average molecular weight is 542 g/mol. The molecule has 0 atom stereocenters. The minimum atomic E-state index is -4.76. The van der Waals surface area contributed by atoms with Gasteiger partial charge in [0.2, 0.25) is 5.91 Å². The summed E-state index contributed by atoms with van der Waals surface area (Å²) in [4.78, 5) is 18.7. The fourth-order valence-electron chi connectivity index (χ4n) is 3.61. The number of nitrogens with one attached hydrogen (secondary N) is 2. The van der Waals surface area contributed by atoms with E-state index in [1.807, 2.05) is 6.92 Å². The standard InChI is InChI=1S/C20H29F3N4O2.HI/c1-4-24-18(26-14-19(11-7-8-12-19)17(28)27(2)3)25-13-15-9-5-6-10-16(15)29-20(21,22)23;/h5-6,9-10H,4,7-8,11-14H2,1-3H3,(H2,24,25,26);1H. The second-order valence-corrected chi connectivity index (χ2v) is 7.39. The number of hydrogen-bond acceptors (Lipinski definition) is 3. The smallest absolute Gasteiger partial charge is 0.405 e. The Morgan fingerprint density at radius 2 is 1.83 bits per heavy atom. The summed E-state index contributed by atoms with van der Waals surface area (Å²) in [5.74, 6) is 0.268. The first kappa shape index (κ1) is 26.3. The van der Waals surface area contributed by atoms with Gasteiger partial charge in [0.05, 0.1) is 12.0 Å². The summed E-state index contributed by atoms with van der Waals surface area (Å²) >= 11 is 0. The molecule has 0 saturated heterocycles. The molecule has 2 rings (SSSR count). The van der Waals surface area contributed by atoms with Crippen LogP contribution in [-0.4, -0.2) is 50.3 Å². The molecule has 1 aromatic carbocycles. The lowest BCUT2D eigenvalue weighted by Crippen LogP contribution is -2.49. The van der Waals surface area contributed by atoms with Crippen LogP contribution in [0.5, 0.6) is 5.75 Å². The summed E-state index contributed by atoms with van der Waals surface area (Å²) in [7, 11) is 3.50. The van der Waals surface area contributed by atoms with Gasteiger partial charge in [-0.2, -0.15) is 0 Å². The Bertz CT molecular complexity index is 720. The number of aliphatic imine (C=N–C) groups is 1. The molecule has 6 nitrogen and oxygen atoms in total. The Labute approximate surface area is 192 Å². The highest BCUT2D eigenvalue weighted by molar-refractivity contribution is 14.0. The predicted molar refractivity (Wildman–Crippen MR) is 121 cm³/mol. The third-order valence-corrected chi connectivity index (χ3v) is 4.96. The van der Waals surface area contributed by atoms with Crippen molar-refractivity contribution in [2.75, 3.05) is 27.2 Å². The quantitative estimate of drug-likeness (QED) is 0.312. The number of alkyl halides is 3. The monoisotopic (exact) mass is 542 g/mol. The second-order valence-electron chi connectivity index (χ2n) is 7.39. The van der Waals surface area contributed by atoms with Crippen LogP contribution >= 0.6 is 24.0 Å². The van der Waals surface area contributed by atoms with E-state index in [4.69, 9.17) is 0 Å². The van der Waals surface area contributed by atoms with E-state index < -0.39 is 11.8 Å².